The van der Waals surface area contributed by atoms with Crippen LogP contribution in [0.15, 0.2) is 75.3 Å². The maximum atomic E-state index is 12.5. The highest BCUT2D eigenvalue weighted by Crippen LogP contribution is 2.21. The maximum absolute atomic E-state index is 12.5. The molecule has 0 saturated carbocycles. The highest BCUT2D eigenvalue weighted by molar-refractivity contribution is 6.01. The number of carbonyl (C=O) groups excluding carboxylic acids is 2. The largest absolute Gasteiger partial charge is 0.500 e. The highest BCUT2D eigenvalue weighted by Gasteiger charge is 2.22. The molecule has 2 aromatic carbocycles. The number of nitrogens with zero attached hydrogens (tertiary/aromatic N) is 4. The number of aliphatic hydroxyl groups excluding tert-OH is 1. The number of rotatable bonds is 9. The SMILES string of the molecule is CCOC(=O)/C(O)=C(/N=Nc1ccccc1C(=O)O)C(=O)NN=Cc1ccc(N(C)C)cc1. The highest BCUT2D eigenvalue weighted by atomic mass is 16.5. The van der Waals surface area contributed by atoms with Crippen LogP contribution in [-0.4, -0.2) is 55.0 Å². The number of carboxylic acid groups (broad SMARTS) is 1. The number of hydrogen-bond donors (Lipinski definition) is 3. The van der Waals surface area contributed by atoms with E-state index in [4.69, 9.17) is 0 Å². The predicted molar refractivity (Wildman–Crippen MR) is 121 cm³/mol. The number of hydrazone groups is 1. The van der Waals surface area contributed by atoms with Crippen LogP contribution in [0.3, 0.4) is 0 Å². The Bertz CT molecular complexity index is 1110. The molecule has 0 spiro atoms. The minimum Gasteiger partial charge on any atom is -0.500 e. The van der Waals surface area contributed by atoms with E-state index in [-0.39, 0.29) is 17.9 Å². The number of esters is 1. The summed E-state index contributed by atoms with van der Waals surface area (Å²) >= 11 is 0. The third kappa shape index (κ3) is 6.99. The van der Waals surface area contributed by atoms with Crippen LogP contribution in [-0.2, 0) is 14.3 Å². The predicted octanol–water partition coefficient (Wildman–Crippen LogP) is 3.02. The zero-order valence-corrected chi connectivity index (χ0v) is 18.2. The Balaban J connectivity index is 2.28. The molecule has 0 atom stereocenters. The number of ether oxygens (including phenoxy) is 1. The lowest BCUT2D eigenvalue weighted by molar-refractivity contribution is -0.142. The zero-order chi connectivity index (χ0) is 24.4. The molecule has 0 aliphatic carbocycles. The molecule has 2 aromatic rings. The number of aliphatic hydroxyl groups is 1. The Morgan fingerprint density at radius 1 is 1.06 bits per heavy atom. The van der Waals surface area contributed by atoms with Gasteiger partial charge in [-0.1, -0.05) is 24.3 Å². The number of carbonyl (C=O) groups is 3. The first-order chi connectivity index (χ1) is 15.7. The molecule has 0 fully saturated rings. The molecule has 0 heterocycles. The normalized spacial score (nSPS) is 11.8. The molecule has 0 aromatic heterocycles. The fraction of sp³-hybridized carbons (Fsp3) is 0.182. The van der Waals surface area contributed by atoms with Crippen LogP contribution in [0.2, 0.25) is 0 Å². The monoisotopic (exact) mass is 453 g/mol. The number of carboxylic acids is 1. The minimum atomic E-state index is -1.26. The van der Waals surface area contributed by atoms with E-state index in [1.807, 2.05) is 31.1 Å². The molecule has 0 unspecified atom stereocenters. The number of amides is 1. The lowest BCUT2D eigenvalue weighted by Gasteiger charge is -2.11. The van der Waals surface area contributed by atoms with Crippen LogP contribution >= 0.6 is 0 Å². The van der Waals surface area contributed by atoms with Crippen molar-refractivity contribution < 1.29 is 29.3 Å². The Morgan fingerprint density at radius 2 is 1.73 bits per heavy atom. The number of benzene rings is 2. The van der Waals surface area contributed by atoms with Crippen LogP contribution in [0.25, 0.3) is 0 Å². The molecular weight excluding hydrogens is 430 g/mol. The lowest BCUT2D eigenvalue weighted by atomic mass is 10.2. The van der Waals surface area contributed by atoms with E-state index in [9.17, 15) is 24.6 Å². The summed E-state index contributed by atoms with van der Waals surface area (Å²) < 4.78 is 4.69. The van der Waals surface area contributed by atoms with Crippen LogP contribution in [0, 0.1) is 0 Å². The summed E-state index contributed by atoms with van der Waals surface area (Å²) in [4.78, 5) is 37.7. The lowest BCUT2D eigenvalue weighted by Crippen LogP contribution is -2.22. The van der Waals surface area contributed by atoms with Gasteiger partial charge in [0.2, 0.25) is 11.5 Å². The van der Waals surface area contributed by atoms with Crippen molar-refractivity contribution >= 4 is 35.4 Å². The molecule has 1 amide bonds. The second kappa shape index (κ2) is 11.7. The van der Waals surface area contributed by atoms with Crippen molar-refractivity contribution in [1.82, 2.24) is 5.43 Å². The van der Waals surface area contributed by atoms with Gasteiger partial charge in [0.25, 0.3) is 5.91 Å². The summed E-state index contributed by atoms with van der Waals surface area (Å²) in [5, 5.41) is 30.5. The maximum Gasteiger partial charge on any atom is 0.376 e. The first kappa shape index (κ1) is 24.7. The number of aromatic carboxylic acids is 1. The van der Waals surface area contributed by atoms with E-state index in [1.54, 1.807) is 12.1 Å². The summed E-state index contributed by atoms with van der Waals surface area (Å²) in [6.45, 7) is 1.46. The molecule has 0 aliphatic heterocycles. The first-order valence-electron chi connectivity index (χ1n) is 9.69. The van der Waals surface area contributed by atoms with Crippen molar-refractivity contribution in [2.45, 2.75) is 6.92 Å². The van der Waals surface area contributed by atoms with Gasteiger partial charge in [-0.3, -0.25) is 4.79 Å². The second-order valence-corrected chi connectivity index (χ2v) is 6.63. The average molecular weight is 453 g/mol. The molecule has 3 N–H and O–H groups in total. The quantitative estimate of drug-likeness (QED) is 0.132. The fourth-order valence-corrected chi connectivity index (χ4v) is 2.42. The minimum absolute atomic E-state index is 0.0577. The fourth-order valence-electron chi connectivity index (χ4n) is 2.42. The summed E-state index contributed by atoms with van der Waals surface area (Å²) in [5.74, 6) is -4.62. The van der Waals surface area contributed by atoms with Crippen LogP contribution < -0.4 is 10.3 Å². The third-order valence-corrected chi connectivity index (χ3v) is 4.09. The van der Waals surface area contributed by atoms with Crippen LogP contribution in [0.4, 0.5) is 11.4 Å². The van der Waals surface area contributed by atoms with Crippen molar-refractivity contribution in [3.8, 4) is 0 Å². The topological polar surface area (TPSA) is 153 Å². The van der Waals surface area contributed by atoms with Gasteiger partial charge in [0.05, 0.1) is 18.4 Å². The number of anilines is 1. The van der Waals surface area contributed by atoms with Crippen molar-refractivity contribution in [3.63, 3.8) is 0 Å². The molecule has 0 aliphatic rings. The standard InChI is InChI=1S/C22H23N5O6/c1-4-33-22(32)19(28)18(25-24-17-8-6-5-7-16(17)21(30)31)20(29)26-23-13-14-9-11-15(12-10-14)27(2)3/h5-13,28H,4H2,1-3H3,(H,26,29)(H,30,31)/b19-18-,23-13?,25-24?. The third-order valence-electron chi connectivity index (χ3n) is 4.09. The van der Waals surface area contributed by atoms with Crippen molar-refractivity contribution in [2.75, 3.05) is 25.6 Å². The Kier molecular flexibility index (Phi) is 8.80. The zero-order valence-electron chi connectivity index (χ0n) is 18.2. The van der Waals surface area contributed by atoms with Crippen molar-refractivity contribution in [3.05, 3.63) is 71.1 Å². The molecule has 172 valence electrons. The van der Waals surface area contributed by atoms with Crippen LogP contribution in [0.1, 0.15) is 22.8 Å². The van der Waals surface area contributed by atoms with Crippen LogP contribution in [0.5, 0.6) is 0 Å². The molecule has 0 radical (unpaired) electrons. The van der Waals surface area contributed by atoms with Gasteiger partial charge < -0.3 is 19.8 Å². The number of nitrogens with one attached hydrogen (secondary N) is 1. The molecule has 2 rings (SSSR count). The van der Waals surface area contributed by atoms with E-state index in [0.717, 1.165) is 5.69 Å². The van der Waals surface area contributed by atoms with Gasteiger partial charge in [-0.15, -0.1) is 10.2 Å². The molecule has 33 heavy (non-hydrogen) atoms. The van der Waals surface area contributed by atoms with Gasteiger partial charge >= 0.3 is 11.9 Å². The van der Waals surface area contributed by atoms with Gasteiger partial charge in [-0.05, 0) is 36.8 Å². The summed E-state index contributed by atoms with van der Waals surface area (Å²) in [6, 6.07) is 12.9. The first-order valence-corrected chi connectivity index (χ1v) is 9.69. The van der Waals surface area contributed by atoms with Crippen molar-refractivity contribution in [1.29, 1.82) is 0 Å². The summed E-state index contributed by atoms with van der Waals surface area (Å²) in [7, 11) is 3.80. The Hall–Kier alpha value is -4.54. The van der Waals surface area contributed by atoms with E-state index < -0.39 is 29.3 Å². The van der Waals surface area contributed by atoms with Crippen molar-refractivity contribution in [2.24, 2.45) is 15.3 Å². The summed E-state index contributed by atoms with van der Waals surface area (Å²) in [5.41, 5.74) is 2.73. The van der Waals surface area contributed by atoms with Gasteiger partial charge in [-0.25, -0.2) is 15.0 Å². The molecular formula is C22H23N5O6. The number of hydrogen-bond acceptors (Lipinski definition) is 9. The molecule has 11 heteroatoms. The summed E-state index contributed by atoms with van der Waals surface area (Å²) in [6.07, 6.45) is 1.35. The van der Waals surface area contributed by atoms with E-state index in [2.05, 4.69) is 25.5 Å². The molecule has 11 nitrogen and oxygen atoms in total. The molecule has 0 bridgehead atoms. The van der Waals surface area contributed by atoms with E-state index in [0.29, 0.717) is 5.56 Å². The smallest absolute Gasteiger partial charge is 0.376 e. The van der Waals surface area contributed by atoms with Gasteiger partial charge in [0.15, 0.2) is 0 Å². The molecule has 0 saturated heterocycles. The van der Waals surface area contributed by atoms with Gasteiger partial charge in [0.1, 0.15) is 5.69 Å². The van der Waals surface area contributed by atoms with E-state index >= 15 is 0 Å². The van der Waals surface area contributed by atoms with Gasteiger partial charge in [0, 0.05) is 19.8 Å². The van der Waals surface area contributed by atoms with Gasteiger partial charge in [-0.2, -0.15) is 5.10 Å². The van der Waals surface area contributed by atoms with E-state index in [1.165, 1.54) is 37.4 Å². The Labute approximate surface area is 189 Å². The Morgan fingerprint density at radius 3 is 2.33 bits per heavy atom. The number of azo groups is 1. The average Bonchev–Trinajstić information content (AvgIpc) is 2.79. The second-order valence-electron chi connectivity index (χ2n) is 6.63.